The lowest BCUT2D eigenvalue weighted by molar-refractivity contribution is 0.0943. The van der Waals surface area contributed by atoms with Crippen molar-refractivity contribution in [2.24, 2.45) is 0 Å². The molecule has 1 heterocycles. The van der Waals surface area contributed by atoms with Gasteiger partial charge in [-0.25, -0.2) is 4.39 Å². The summed E-state index contributed by atoms with van der Waals surface area (Å²) in [7, 11) is 0. The second-order valence-electron chi connectivity index (χ2n) is 5.83. The molecule has 0 aliphatic rings. The fourth-order valence-electron chi connectivity index (χ4n) is 2.52. The van der Waals surface area contributed by atoms with Gasteiger partial charge < -0.3 is 9.52 Å². The molecule has 0 spiro atoms. The molecule has 23 heavy (non-hydrogen) atoms. The first-order valence-corrected chi connectivity index (χ1v) is 7.88. The van der Waals surface area contributed by atoms with Gasteiger partial charge in [-0.3, -0.25) is 4.90 Å². The highest BCUT2D eigenvalue weighted by Crippen LogP contribution is 2.14. The molecule has 0 amide bonds. The molecule has 124 valence electrons. The lowest BCUT2D eigenvalue weighted by Crippen LogP contribution is -2.31. The lowest BCUT2D eigenvalue weighted by atomic mass is 10.1. The number of furan rings is 1. The van der Waals surface area contributed by atoms with E-state index in [9.17, 15) is 9.50 Å². The highest BCUT2D eigenvalue weighted by atomic mass is 19.1. The molecule has 1 atom stereocenters. The van der Waals surface area contributed by atoms with Crippen molar-refractivity contribution >= 4 is 0 Å². The van der Waals surface area contributed by atoms with Crippen LogP contribution in [0.25, 0.3) is 0 Å². The van der Waals surface area contributed by atoms with E-state index in [1.54, 1.807) is 12.1 Å². The first-order valence-electron chi connectivity index (χ1n) is 7.88. The molecule has 1 aromatic heterocycles. The van der Waals surface area contributed by atoms with E-state index in [0.29, 0.717) is 26.1 Å². The minimum Gasteiger partial charge on any atom is -0.465 e. The van der Waals surface area contributed by atoms with Gasteiger partial charge in [-0.1, -0.05) is 18.2 Å². The van der Waals surface area contributed by atoms with E-state index < -0.39 is 6.10 Å². The maximum Gasteiger partial charge on any atom is 0.123 e. The molecule has 2 aromatic rings. The molecule has 1 unspecified atom stereocenters. The highest BCUT2D eigenvalue weighted by molar-refractivity contribution is 5.16. The Hall–Kier alpha value is -1.91. The summed E-state index contributed by atoms with van der Waals surface area (Å²) >= 11 is 0. The standard InChI is InChI=1S/C19H24FNO2/c1-3-4-5-18(22)13-21(14-19-11-6-15(2)23-19)12-16-7-9-17(20)10-8-16/h3,6-11,18,22H,1,4-5,12-14H2,2H3. The Labute approximate surface area is 137 Å². The van der Waals surface area contributed by atoms with E-state index >= 15 is 0 Å². The molecule has 3 nitrogen and oxygen atoms in total. The van der Waals surface area contributed by atoms with Gasteiger partial charge in [-0.05, 0) is 49.6 Å². The number of aryl methyl sites for hydroxylation is 1. The lowest BCUT2D eigenvalue weighted by Gasteiger charge is -2.24. The zero-order valence-corrected chi connectivity index (χ0v) is 13.5. The second kappa shape index (κ2) is 8.65. The number of halogens is 1. The van der Waals surface area contributed by atoms with Crippen LogP contribution in [0.3, 0.4) is 0 Å². The first-order chi connectivity index (χ1) is 11.1. The Kier molecular flexibility index (Phi) is 6.56. The summed E-state index contributed by atoms with van der Waals surface area (Å²) in [6.45, 7) is 7.36. The van der Waals surface area contributed by atoms with Crippen LogP contribution in [0, 0.1) is 12.7 Å². The zero-order valence-electron chi connectivity index (χ0n) is 13.5. The number of benzene rings is 1. The third kappa shape index (κ3) is 6.00. The van der Waals surface area contributed by atoms with Crippen molar-refractivity contribution in [2.75, 3.05) is 6.54 Å². The molecule has 0 saturated carbocycles. The van der Waals surface area contributed by atoms with Gasteiger partial charge in [-0.15, -0.1) is 6.58 Å². The number of hydrogen-bond donors (Lipinski definition) is 1. The van der Waals surface area contributed by atoms with Crippen LogP contribution >= 0.6 is 0 Å². The Morgan fingerprint density at radius 2 is 1.96 bits per heavy atom. The van der Waals surface area contributed by atoms with E-state index in [1.165, 1.54) is 12.1 Å². The van der Waals surface area contributed by atoms with E-state index in [-0.39, 0.29) is 5.82 Å². The minimum absolute atomic E-state index is 0.243. The fraction of sp³-hybridized carbons (Fsp3) is 0.368. The van der Waals surface area contributed by atoms with E-state index in [4.69, 9.17) is 4.42 Å². The molecule has 0 aliphatic carbocycles. The largest absolute Gasteiger partial charge is 0.465 e. The Balaban J connectivity index is 2.03. The van der Waals surface area contributed by atoms with Crippen molar-refractivity contribution in [3.8, 4) is 0 Å². The van der Waals surface area contributed by atoms with Crippen LogP contribution in [0.1, 0.15) is 29.9 Å². The predicted molar refractivity (Wildman–Crippen MR) is 89.4 cm³/mol. The Morgan fingerprint density at radius 3 is 2.57 bits per heavy atom. The fourth-order valence-corrected chi connectivity index (χ4v) is 2.52. The second-order valence-corrected chi connectivity index (χ2v) is 5.83. The number of rotatable bonds is 9. The molecule has 0 radical (unpaired) electrons. The third-order valence-corrected chi connectivity index (χ3v) is 3.67. The number of nitrogens with zero attached hydrogens (tertiary/aromatic N) is 1. The third-order valence-electron chi connectivity index (χ3n) is 3.67. The molecule has 0 fully saturated rings. The summed E-state index contributed by atoms with van der Waals surface area (Å²) in [6, 6.07) is 10.3. The van der Waals surface area contributed by atoms with Crippen molar-refractivity contribution in [1.29, 1.82) is 0 Å². The average Bonchev–Trinajstić information content (AvgIpc) is 2.92. The molecule has 1 N–H and O–H groups in total. The molecule has 0 bridgehead atoms. The summed E-state index contributed by atoms with van der Waals surface area (Å²) < 4.78 is 18.7. The van der Waals surface area contributed by atoms with Crippen molar-refractivity contribution in [1.82, 2.24) is 4.90 Å². The van der Waals surface area contributed by atoms with Gasteiger partial charge >= 0.3 is 0 Å². The smallest absolute Gasteiger partial charge is 0.123 e. The van der Waals surface area contributed by atoms with Gasteiger partial charge in [0.1, 0.15) is 17.3 Å². The number of allylic oxidation sites excluding steroid dienone is 1. The van der Waals surface area contributed by atoms with Gasteiger partial charge in [-0.2, -0.15) is 0 Å². The number of aliphatic hydroxyl groups is 1. The van der Waals surface area contributed by atoms with Gasteiger partial charge in [0.05, 0.1) is 12.6 Å². The van der Waals surface area contributed by atoms with Crippen LogP contribution in [0.2, 0.25) is 0 Å². The van der Waals surface area contributed by atoms with Crippen molar-refractivity contribution < 1.29 is 13.9 Å². The van der Waals surface area contributed by atoms with E-state index in [0.717, 1.165) is 23.5 Å². The van der Waals surface area contributed by atoms with E-state index in [2.05, 4.69) is 11.5 Å². The summed E-state index contributed by atoms with van der Waals surface area (Å²) in [5, 5.41) is 10.2. The van der Waals surface area contributed by atoms with Crippen LogP contribution in [-0.4, -0.2) is 22.7 Å². The van der Waals surface area contributed by atoms with Gasteiger partial charge in [0, 0.05) is 13.1 Å². The maximum atomic E-state index is 13.0. The maximum absolute atomic E-state index is 13.0. The van der Waals surface area contributed by atoms with Gasteiger partial charge in [0.2, 0.25) is 0 Å². The van der Waals surface area contributed by atoms with Crippen molar-refractivity contribution in [3.63, 3.8) is 0 Å². The van der Waals surface area contributed by atoms with Gasteiger partial charge in [0.25, 0.3) is 0 Å². The minimum atomic E-state index is -0.426. The van der Waals surface area contributed by atoms with Gasteiger partial charge in [0.15, 0.2) is 0 Å². The van der Waals surface area contributed by atoms with Crippen LogP contribution < -0.4 is 0 Å². The summed E-state index contributed by atoms with van der Waals surface area (Å²) in [5.41, 5.74) is 1.01. The topological polar surface area (TPSA) is 36.6 Å². The predicted octanol–water partition coefficient (Wildman–Crippen LogP) is 4.06. The SMILES string of the molecule is C=CCCC(O)CN(Cc1ccc(F)cc1)Cc1ccc(C)o1. The average molecular weight is 317 g/mol. The first kappa shape index (κ1) is 17.4. The highest BCUT2D eigenvalue weighted by Gasteiger charge is 2.14. The molecular formula is C19H24FNO2. The molecule has 0 aliphatic heterocycles. The molecule has 0 saturated heterocycles. The van der Waals surface area contributed by atoms with E-state index in [1.807, 2.05) is 25.1 Å². The normalized spacial score (nSPS) is 12.5. The van der Waals surface area contributed by atoms with Crippen LogP contribution in [-0.2, 0) is 13.1 Å². The monoisotopic (exact) mass is 317 g/mol. The zero-order chi connectivity index (χ0) is 16.7. The number of hydrogen-bond acceptors (Lipinski definition) is 3. The Morgan fingerprint density at radius 1 is 1.22 bits per heavy atom. The molecule has 4 heteroatoms. The molecular weight excluding hydrogens is 293 g/mol. The summed E-state index contributed by atoms with van der Waals surface area (Å²) in [5.74, 6) is 1.49. The summed E-state index contributed by atoms with van der Waals surface area (Å²) in [6.07, 6.45) is 2.85. The van der Waals surface area contributed by atoms with Crippen molar-refractivity contribution in [3.05, 3.63) is 72.0 Å². The van der Waals surface area contributed by atoms with Crippen LogP contribution in [0.15, 0.2) is 53.5 Å². The quantitative estimate of drug-likeness (QED) is 0.709. The van der Waals surface area contributed by atoms with Crippen molar-refractivity contribution in [2.45, 2.75) is 39.0 Å². The van der Waals surface area contributed by atoms with Crippen LogP contribution in [0.4, 0.5) is 4.39 Å². The molecule has 1 aromatic carbocycles. The van der Waals surface area contributed by atoms with Crippen LogP contribution in [0.5, 0.6) is 0 Å². The summed E-state index contributed by atoms with van der Waals surface area (Å²) in [4.78, 5) is 2.11. The molecule has 2 rings (SSSR count). The number of aliphatic hydroxyl groups excluding tert-OH is 1. The Bertz CT molecular complexity index is 606.